The Morgan fingerprint density at radius 1 is 1.11 bits per heavy atom. The molecule has 1 fully saturated rings. The Balaban J connectivity index is 1.34. The molecule has 12 nitrogen and oxygen atoms in total. The van der Waals surface area contributed by atoms with E-state index in [1.807, 2.05) is 40.0 Å². The van der Waals surface area contributed by atoms with Crippen molar-refractivity contribution in [1.82, 2.24) is 24.1 Å². The van der Waals surface area contributed by atoms with Crippen LogP contribution in [0.1, 0.15) is 68.3 Å². The largest absolute Gasteiger partial charge is 0.461 e. The first-order valence-corrected chi connectivity index (χ1v) is 14.8. The minimum absolute atomic E-state index is 0.0312. The minimum Gasteiger partial charge on any atom is -0.461 e. The number of esters is 1. The number of aryl methyl sites for hydroxylation is 1. The van der Waals surface area contributed by atoms with Gasteiger partial charge in [-0.15, -0.1) is 0 Å². The summed E-state index contributed by atoms with van der Waals surface area (Å²) >= 11 is 0. The maximum Gasteiger partial charge on any atom is 0.410 e. The number of pyridine rings is 1. The van der Waals surface area contributed by atoms with Crippen molar-refractivity contribution in [2.45, 2.75) is 59.1 Å². The van der Waals surface area contributed by atoms with Gasteiger partial charge in [-0.25, -0.2) is 19.0 Å². The number of amides is 2. The summed E-state index contributed by atoms with van der Waals surface area (Å²) in [6.45, 7) is 11.4. The van der Waals surface area contributed by atoms with Gasteiger partial charge in [-0.3, -0.25) is 9.48 Å². The number of nitrogens with one attached hydrogen (secondary N) is 1. The van der Waals surface area contributed by atoms with Crippen molar-refractivity contribution in [3.05, 3.63) is 53.9 Å². The molecule has 1 aliphatic rings. The third-order valence-corrected chi connectivity index (χ3v) is 7.48. The number of imidazole rings is 1. The number of aromatic nitrogens is 4. The van der Waals surface area contributed by atoms with E-state index >= 15 is 0 Å². The van der Waals surface area contributed by atoms with Gasteiger partial charge in [0.05, 0.1) is 17.9 Å². The summed E-state index contributed by atoms with van der Waals surface area (Å²) in [5.41, 5.74) is 1.34. The first kappa shape index (κ1) is 30.8. The SMILES string of the molecule is CCOC(=O)c1cn2cc(NC(=O)c3ccc(N4CCC(N(CC)C(=O)OC(C)(C)C)CC4)c4cn(C)nc34)cc(F)c2n1. The molecule has 0 atom stereocenters. The van der Waals surface area contributed by atoms with Crippen molar-refractivity contribution in [2.75, 3.05) is 36.5 Å². The molecule has 0 unspecified atom stereocenters. The Kier molecular flexibility index (Phi) is 8.49. The fourth-order valence-electron chi connectivity index (χ4n) is 5.57. The molecule has 0 bridgehead atoms. The normalized spacial score (nSPS) is 14.2. The van der Waals surface area contributed by atoms with Gasteiger partial charge < -0.3 is 29.0 Å². The molecule has 4 aromatic rings. The van der Waals surface area contributed by atoms with Crippen molar-refractivity contribution in [3.8, 4) is 0 Å². The lowest BCUT2D eigenvalue weighted by atomic mass is 10.0. The van der Waals surface area contributed by atoms with E-state index in [1.165, 1.54) is 16.8 Å². The first-order chi connectivity index (χ1) is 20.9. The number of piperidine rings is 1. The molecule has 3 aromatic heterocycles. The molecule has 1 aliphatic heterocycles. The molecule has 0 spiro atoms. The number of halogens is 1. The van der Waals surface area contributed by atoms with Gasteiger partial charge in [0.1, 0.15) is 11.1 Å². The van der Waals surface area contributed by atoms with E-state index < -0.39 is 23.3 Å². The predicted octanol–water partition coefficient (Wildman–Crippen LogP) is 5.01. The summed E-state index contributed by atoms with van der Waals surface area (Å²) in [6.07, 6.45) is 5.97. The maximum absolute atomic E-state index is 14.9. The highest BCUT2D eigenvalue weighted by Crippen LogP contribution is 2.32. The van der Waals surface area contributed by atoms with Crippen LogP contribution < -0.4 is 10.2 Å². The second kappa shape index (κ2) is 12.1. The molecule has 4 heterocycles. The zero-order valence-corrected chi connectivity index (χ0v) is 25.9. The molecule has 1 saturated heterocycles. The number of carbonyl (C=O) groups excluding carboxylic acids is 3. The average molecular weight is 608 g/mol. The second-order valence-electron chi connectivity index (χ2n) is 11.8. The molecular weight excluding hydrogens is 569 g/mol. The zero-order chi connectivity index (χ0) is 31.8. The smallest absolute Gasteiger partial charge is 0.410 e. The van der Waals surface area contributed by atoms with E-state index in [0.29, 0.717) is 17.6 Å². The molecule has 1 N–H and O–H groups in total. The van der Waals surface area contributed by atoms with E-state index in [0.717, 1.165) is 43.1 Å². The molecule has 13 heteroatoms. The standard InChI is InChI=1S/C31H38FN7O5/c1-7-39(30(42)44-31(3,4)5)20-11-13-37(14-12-20)25-10-9-21(26-22(25)17-36(6)35-26)28(40)33-19-15-23(32)27-34-24(18-38(27)16-19)29(41)43-8-2/h9-10,15-18,20H,7-8,11-14H2,1-6H3,(H,33,40). The van der Waals surface area contributed by atoms with E-state index in [4.69, 9.17) is 9.47 Å². The van der Waals surface area contributed by atoms with Crippen molar-refractivity contribution < 1.29 is 28.2 Å². The fraction of sp³-hybridized carbons (Fsp3) is 0.452. The lowest BCUT2D eigenvalue weighted by molar-refractivity contribution is 0.0149. The van der Waals surface area contributed by atoms with Crippen LogP contribution in [0.2, 0.25) is 0 Å². The van der Waals surface area contributed by atoms with Gasteiger partial charge in [0.2, 0.25) is 0 Å². The summed E-state index contributed by atoms with van der Waals surface area (Å²) < 4.78 is 28.4. The average Bonchev–Trinajstić information content (AvgIpc) is 3.56. The van der Waals surface area contributed by atoms with Crippen LogP contribution in [0.3, 0.4) is 0 Å². The van der Waals surface area contributed by atoms with Crippen LogP contribution in [0.25, 0.3) is 16.6 Å². The van der Waals surface area contributed by atoms with Crippen LogP contribution in [-0.4, -0.2) is 79.9 Å². The number of carbonyl (C=O) groups is 3. The van der Waals surface area contributed by atoms with Gasteiger partial charge in [0.15, 0.2) is 17.2 Å². The molecule has 2 amide bonds. The minimum atomic E-state index is -0.701. The lowest BCUT2D eigenvalue weighted by Crippen LogP contribution is -2.48. The Morgan fingerprint density at radius 2 is 1.84 bits per heavy atom. The van der Waals surface area contributed by atoms with E-state index in [1.54, 1.807) is 29.6 Å². The Hall–Kier alpha value is -4.68. The van der Waals surface area contributed by atoms with Crippen molar-refractivity contribution in [2.24, 2.45) is 7.05 Å². The molecule has 44 heavy (non-hydrogen) atoms. The fourth-order valence-corrected chi connectivity index (χ4v) is 5.57. The quantitative estimate of drug-likeness (QED) is 0.291. The summed E-state index contributed by atoms with van der Waals surface area (Å²) in [5.74, 6) is -1.82. The number of anilines is 2. The summed E-state index contributed by atoms with van der Waals surface area (Å²) in [5, 5.41) is 8.14. The molecule has 1 aromatic carbocycles. The molecule has 0 aliphatic carbocycles. The van der Waals surface area contributed by atoms with Crippen LogP contribution >= 0.6 is 0 Å². The molecule has 0 radical (unpaired) electrons. The van der Waals surface area contributed by atoms with Gasteiger partial charge in [0.25, 0.3) is 5.91 Å². The number of hydrogen-bond donors (Lipinski definition) is 1. The van der Waals surface area contributed by atoms with Crippen LogP contribution in [0, 0.1) is 5.82 Å². The van der Waals surface area contributed by atoms with Gasteiger partial charge in [-0.1, -0.05) is 0 Å². The van der Waals surface area contributed by atoms with E-state index in [2.05, 4.69) is 20.3 Å². The summed E-state index contributed by atoms with van der Waals surface area (Å²) in [4.78, 5) is 46.3. The van der Waals surface area contributed by atoms with Crippen molar-refractivity contribution in [1.29, 1.82) is 0 Å². The van der Waals surface area contributed by atoms with Gasteiger partial charge in [-0.05, 0) is 59.6 Å². The zero-order valence-electron chi connectivity index (χ0n) is 25.9. The van der Waals surface area contributed by atoms with E-state index in [9.17, 15) is 18.8 Å². The summed E-state index contributed by atoms with van der Waals surface area (Å²) in [7, 11) is 1.79. The van der Waals surface area contributed by atoms with Crippen molar-refractivity contribution >= 4 is 45.9 Å². The number of nitrogens with zero attached hydrogens (tertiary/aromatic N) is 6. The highest BCUT2D eigenvalue weighted by molar-refractivity contribution is 6.14. The van der Waals surface area contributed by atoms with Gasteiger partial charge >= 0.3 is 12.1 Å². The number of hydrogen-bond acceptors (Lipinski definition) is 8. The number of fused-ring (bicyclic) bond motifs is 2. The number of rotatable bonds is 7. The monoisotopic (exact) mass is 607 g/mol. The molecule has 5 rings (SSSR count). The van der Waals surface area contributed by atoms with E-state index in [-0.39, 0.29) is 35.8 Å². The Morgan fingerprint density at radius 3 is 2.50 bits per heavy atom. The van der Waals surface area contributed by atoms with Gasteiger partial charge in [-0.2, -0.15) is 5.10 Å². The van der Waals surface area contributed by atoms with Crippen LogP contribution in [0.4, 0.5) is 20.6 Å². The second-order valence-corrected chi connectivity index (χ2v) is 11.8. The van der Waals surface area contributed by atoms with Crippen molar-refractivity contribution in [3.63, 3.8) is 0 Å². The van der Waals surface area contributed by atoms with Crippen LogP contribution in [-0.2, 0) is 16.5 Å². The topological polar surface area (TPSA) is 123 Å². The number of benzene rings is 1. The molecule has 234 valence electrons. The number of ether oxygens (including phenoxy) is 2. The third kappa shape index (κ3) is 6.31. The summed E-state index contributed by atoms with van der Waals surface area (Å²) in [6, 6.07) is 4.84. The first-order valence-electron chi connectivity index (χ1n) is 14.8. The maximum atomic E-state index is 14.9. The highest BCUT2D eigenvalue weighted by Gasteiger charge is 2.31. The highest BCUT2D eigenvalue weighted by atomic mass is 19.1. The van der Waals surface area contributed by atoms with Gasteiger partial charge in [0, 0.05) is 68.5 Å². The third-order valence-electron chi connectivity index (χ3n) is 7.48. The van der Waals surface area contributed by atoms with Crippen LogP contribution in [0.15, 0.2) is 36.8 Å². The Bertz CT molecular complexity index is 1720. The molecule has 0 saturated carbocycles. The molecular formula is C31H38FN7O5. The van der Waals surface area contributed by atoms with Crippen LogP contribution in [0.5, 0.6) is 0 Å². The Labute approximate surface area is 254 Å². The predicted molar refractivity (Wildman–Crippen MR) is 164 cm³/mol. The lowest BCUT2D eigenvalue weighted by Gasteiger charge is -2.39.